The van der Waals surface area contributed by atoms with Crippen LogP contribution in [0.3, 0.4) is 0 Å². The Morgan fingerprint density at radius 1 is 0.875 bits per heavy atom. The van der Waals surface area contributed by atoms with E-state index >= 15 is 0 Å². The highest BCUT2D eigenvalue weighted by Crippen LogP contribution is 2.19. The quantitative estimate of drug-likeness (QED) is 0.352. The van der Waals surface area contributed by atoms with Crippen molar-refractivity contribution >= 4 is 5.97 Å². The van der Waals surface area contributed by atoms with Gasteiger partial charge in [-0.05, 0) is 32.6 Å². The summed E-state index contributed by atoms with van der Waals surface area (Å²) < 4.78 is 0. The van der Waals surface area contributed by atoms with Crippen LogP contribution in [0.2, 0.25) is 0 Å². The maximum Gasteiger partial charge on any atom is 0.303 e. The van der Waals surface area contributed by atoms with E-state index in [1.165, 1.54) is 64.2 Å². The fourth-order valence-electron chi connectivity index (χ4n) is 2.48. The van der Waals surface area contributed by atoms with Crippen LogP contribution in [0.1, 0.15) is 118 Å². The molecule has 3 N–H and O–H groups in total. The fourth-order valence-corrected chi connectivity index (χ4v) is 2.48. The lowest BCUT2D eigenvalue weighted by atomic mass is 9.86. The topological polar surface area (TPSA) is 63.3 Å². The number of carbonyl (C=O) groups is 1. The Balaban J connectivity index is 0. The van der Waals surface area contributed by atoms with E-state index in [4.69, 9.17) is 10.8 Å². The number of rotatable bonds is 14. The van der Waals surface area contributed by atoms with Gasteiger partial charge in [-0.3, -0.25) is 4.79 Å². The molecule has 0 radical (unpaired) electrons. The van der Waals surface area contributed by atoms with Crippen molar-refractivity contribution in [2.24, 2.45) is 11.7 Å². The summed E-state index contributed by atoms with van der Waals surface area (Å²) in [5, 5.41) is 8.35. The number of unbranched alkanes of at least 4 members (excludes halogenated alkanes) is 9. The molecule has 0 heterocycles. The highest BCUT2D eigenvalue weighted by molar-refractivity contribution is 5.66. The fraction of sp³-hybridized carbons (Fsp3) is 0.952. The first kappa shape index (κ1) is 25.7. The minimum atomic E-state index is -0.663. The normalized spacial score (nSPS) is 12.4. The largest absolute Gasteiger partial charge is 0.481 e. The van der Waals surface area contributed by atoms with Crippen LogP contribution in [-0.2, 0) is 4.79 Å². The molecule has 1 atom stereocenters. The summed E-state index contributed by atoms with van der Waals surface area (Å²) in [6.45, 7) is 10.9. The van der Waals surface area contributed by atoms with E-state index in [0.29, 0.717) is 12.3 Å². The molecule has 0 aromatic rings. The standard InChI is InChI=1S/C11H25N.C10H20O2/c1-5-6-7-8-9-10(2)11(3,4)12;1-2-3-4-5-6-7-8-9-10(11)12/h10H,5-9,12H2,1-4H3;2-9H2,1H3,(H,11,12). The third-order valence-corrected chi connectivity index (χ3v) is 4.76. The maximum atomic E-state index is 10.1. The zero-order valence-electron chi connectivity index (χ0n) is 17.2. The second kappa shape index (κ2) is 17.3. The molecular formula is C21H45NO2. The first-order valence-corrected chi connectivity index (χ1v) is 10.3. The zero-order chi connectivity index (χ0) is 18.8. The third-order valence-electron chi connectivity index (χ3n) is 4.76. The molecule has 0 aromatic carbocycles. The maximum absolute atomic E-state index is 10.1. The van der Waals surface area contributed by atoms with Crippen molar-refractivity contribution < 1.29 is 9.90 Å². The van der Waals surface area contributed by atoms with Gasteiger partial charge in [-0.1, -0.05) is 85.0 Å². The number of aliphatic carboxylic acids is 1. The first-order chi connectivity index (χ1) is 11.3. The van der Waals surface area contributed by atoms with Crippen LogP contribution < -0.4 is 5.73 Å². The summed E-state index contributed by atoms with van der Waals surface area (Å²) in [6.07, 6.45) is 15.3. The van der Waals surface area contributed by atoms with Crippen molar-refractivity contribution in [3.63, 3.8) is 0 Å². The number of hydrogen-bond acceptors (Lipinski definition) is 2. The molecule has 146 valence electrons. The summed E-state index contributed by atoms with van der Waals surface area (Å²) in [5.74, 6) is -0.0158. The van der Waals surface area contributed by atoms with E-state index in [9.17, 15) is 4.79 Å². The summed E-state index contributed by atoms with van der Waals surface area (Å²) in [6, 6.07) is 0. The van der Waals surface area contributed by atoms with Crippen LogP contribution in [-0.4, -0.2) is 16.6 Å². The van der Waals surface area contributed by atoms with Crippen molar-refractivity contribution in [3.8, 4) is 0 Å². The average molecular weight is 344 g/mol. The van der Waals surface area contributed by atoms with Crippen LogP contribution in [0.5, 0.6) is 0 Å². The lowest BCUT2D eigenvalue weighted by molar-refractivity contribution is -0.137. The Bertz CT molecular complexity index is 272. The predicted octanol–water partition coefficient (Wildman–Crippen LogP) is 6.54. The van der Waals surface area contributed by atoms with Gasteiger partial charge < -0.3 is 10.8 Å². The molecule has 0 aliphatic rings. The smallest absolute Gasteiger partial charge is 0.303 e. The molecule has 1 unspecified atom stereocenters. The van der Waals surface area contributed by atoms with Crippen LogP contribution in [0.4, 0.5) is 0 Å². The summed E-state index contributed by atoms with van der Waals surface area (Å²) in [4.78, 5) is 10.1. The monoisotopic (exact) mass is 343 g/mol. The van der Waals surface area contributed by atoms with Gasteiger partial charge >= 0.3 is 5.97 Å². The lowest BCUT2D eigenvalue weighted by Crippen LogP contribution is -2.39. The molecule has 0 spiro atoms. The minimum absolute atomic E-state index is 0.00617. The minimum Gasteiger partial charge on any atom is -0.481 e. The van der Waals surface area contributed by atoms with Crippen molar-refractivity contribution in [1.29, 1.82) is 0 Å². The zero-order valence-corrected chi connectivity index (χ0v) is 17.2. The number of carboxylic acids is 1. The van der Waals surface area contributed by atoms with E-state index in [0.717, 1.165) is 12.8 Å². The Morgan fingerprint density at radius 2 is 1.29 bits per heavy atom. The SMILES string of the molecule is CCCCCCC(C)C(C)(C)N.CCCCCCCCCC(=O)O. The van der Waals surface area contributed by atoms with E-state index in [1.54, 1.807) is 0 Å². The Hall–Kier alpha value is -0.570. The Morgan fingerprint density at radius 3 is 1.71 bits per heavy atom. The molecular weight excluding hydrogens is 298 g/mol. The molecule has 0 bridgehead atoms. The predicted molar refractivity (Wildman–Crippen MR) is 106 cm³/mol. The van der Waals surface area contributed by atoms with E-state index < -0.39 is 5.97 Å². The van der Waals surface area contributed by atoms with Crippen molar-refractivity contribution in [1.82, 2.24) is 0 Å². The van der Waals surface area contributed by atoms with Gasteiger partial charge in [0.2, 0.25) is 0 Å². The van der Waals surface area contributed by atoms with Gasteiger partial charge in [0, 0.05) is 12.0 Å². The second-order valence-electron chi connectivity index (χ2n) is 7.84. The molecule has 3 heteroatoms. The summed E-state index contributed by atoms with van der Waals surface area (Å²) in [5.41, 5.74) is 6.00. The van der Waals surface area contributed by atoms with Crippen molar-refractivity contribution in [2.45, 2.75) is 124 Å². The molecule has 0 aliphatic heterocycles. The molecule has 0 aromatic heterocycles. The van der Waals surface area contributed by atoms with Gasteiger partial charge in [0.15, 0.2) is 0 Å². The van der Waals surface area contributed by atoms with E-state index in [-0.39, 0.29) is 5.54 Å². The van der Waals surface area contributed by atoms with Gasteiger partial charge in [0.05, 0.1) is 0 Å². The molecule has 0 rings (SSSR count). The highest BCUT2D eigenvalue weighted by atomic mass is 16.4. The van der Waals surface area contributed by atoms with E-state index in [1.807, 2.05) is 0 Å². The van der Waals surface area contributed by atoms with Gasteiger partial charge in [0.25, 0.3) is 0 Å². The molecule has 0 fully saturated rings. The Labute approximate surface area is 151 Å². The molecule has 0 saturated heterocycles. The summed E-state index contributed by atoms with van der Waals surface area (Å²) in [7, 11) is 0. The van der Waals surface area contributed by atoms with Gasteiger partial charge in [-0.15, -0.1) is 0 Å². The molecule has 0 aliphatic carbocycles. The molecule has 0 amide bonds. The van der Waals surface area contributed by atoms with Gasteiger partial charge in [-0.2, -0.15) is 0 Å². The lowest BCUT2D eigenvalue weighted by Gasteiger charge is -2.27. The molecule has 0 saturated carbocycles. The van der Waals surface area contributed by atoms with Crippen LogP contribution in [0, 0.1) is 5.92 Å². The Kier molecular flexibility index (Phi) is 18.5. The highest BCUT2D eigenvalue weighted by Gasteiger charge is 2.19. The van der Waals surface area contributed by atoms with Gasteiger partial charge in [0.1, 0.15) is 0 Å². The van der Waals surface area contributed by atoms with Crippen LogP contribution >= 0.6 is 0 Å². The number of carboxylic acid groups (broad SMARTS) is 1. The van der Waals surface area contributed by atoms with Crippen molar-refractivity contribution in [3.05, 3.63) is 0 Å². The average Bonchev–Trinajstić information content (AvgIpc) is 2.50. The van der Waals surface area contributed by atoms with Crippen molar-refractivity contribution in [2.75, 3.05) is 0 Å². The molecule has 3 nitrogen and oxygen atoms in total. The van der Waals surface area contributed by atoms with Crippen LogP contribution in [0.25, 0.3) is 0 Å². The van der Waals surface area contributed by atoms with Gasteiger partial charge in [-0.25, -0.2) is 0 Å². The number of nitrogens with two attached hydrogens (primary N) is 1. The third kappa shape index (κ3) is 21.4. The second-order valence-corrected chi connectivity index (χ2v) is 7.84. The first-order valence-electron chi connectivity index (χ1n) is 10.3. The van der Waals surface area contributed by atoms with E-state index in [2.05, 4.69) is 34.6 Å². The van der Waals surface area contributed by atoms with Crippen LogP contribution in [0.15, 0.2) is 0 Å². The molecule has 24 heavy (non-hydrogen) atoms. The number of hydrogen-bond donors (Lipinski definition) is 2. The summed E-state index contributed by atoms with van der Waals surface area (Å²) >= 11 is 0.